The molecular formula is C11H12N4O3. The molecule has 0 aliphatic carbocycles. The van der Waals surface area contributed by atoms with Crippen LogP contribution in [0.15, 0.2) is 12.4 Å². The lowest BCUT2D eigenvalue weighted by Gasteiger charge is -1.98. The van der Waals surface area contributed by atoms with E-state index >= 15 is 0 Å². The van der Waals surface area contributed by atoms with E-state index in [1.165, 1.54) is 13.1 Å². The minimum Gasteiger partial charge on any atom is -0.392 e. The maximum atomic E-state index is 10.6. The van der Waals surface area contributed by atoms with Gasteiger partial charge in [0.05, 0.1) is 10.5 Å². The van der Waals surface area contributed by atoms with Gasteiger partial charge in [-0.2, -0.15) is 0 Å². The molecule has 7 nitrogen and oxygen atoms in total. The molecule has 0 spiro atoms. The zero-order valence-electron chi connectivity index (χ0n) is 9.77. The first-order valence-electron chi connectivity index (χ1n) is 5.13. The second-order valence-corrected chi connectivity index (χ2v) is 3.41. The van der Waals surface area contributed by atoms with Crippen LogP contribution >= 0.6 is 0 Å². The quantitative estimate of drug-likeness (QED) is 0.349. The lowest BCUT2D eigenvalue weighted by atomic mass is 10.2. The van der Waals surface area contributed by atoms with Crippen molar-refractivity contribution in [3.63, 3.8) is 0 Å². The van der Waals surface area contributed by atoms with Crippen LogP contribution in [0.1, 0.15) is 18.9 Å². The SMILES string of the molecule is CC(=O)NCCC#Cc1cncc([N+](=O)[O-])c1N. The number of aromatic nitrogens is 1. The van der Waals surface area contributed by atoms with Crippen molar-refractivity contribution < 1.29 is 9.72 Å². The summed E-state index contributed by atoms with van der Waals surface area (Å²) in [5.74, 6) is 5.31. The third-order valence-electron chi connectivity index (χ3n) is 2.01. The standard InChI is InChI=1S/C11H12N4O3/c1-8(16)14-5-3-2-4-9-6-13-7-10(11(9)12)15(17)18/h6-7H,3,5H2,1H3,(H2,12,13)(H,14,16). The first kappa shape index (κ1) is 13.4. The summed E-state index contributed by atoms with van der Waals surface area (Å²) >= 11 is 0. The molecule has 3 N–H and O–H groups in total. The Morgan fingerprint density at radius 2 is 2.33 bits per heavy atom. The summed E-state index contributed by atoms with van der Waals surface area (Å²) in [6, 6.07) is 0. The Morgan fingerprint density at radius 3 is 2.94 bits per heavy atom. The zero-order chi connectivity index (χ0) is 13.5. The van der Waals surface area contributed by atoms with Gasteiger partial charge in [0.1, 0.15) is 11.9 Å². The van der Waals surface area contributed by atoms with E-state index < -0.39 is 4.92 Å². The molecule has 0 aliphatic heterocycles. The van der Waals surface area contributed by atoms with Gasteiger partial charge in [0, 0.05) is 26.1 Å². The van der Waals surface area contributed by atoms with Crippen molar-refractivity contribution in [1.82, 2.24) is 10.3 Å². The Bertz CT molecular complexity index is 531. The number of carbonyl (C=O) groups is 1. The van der Waals surface area contributed by atoms with Crippen molar-refractivity contribution in [2.24, 2.45) is 0 Å². The van der Waals surface area contributed by atoms with E-state index in [1.54, 1.807) is 0 Å². The van der Waals surface area contributed by atoms with Crippen LogP contribution in [0.25, 0.3) is 0 Å². The summed E-state index contributed by atoms with van der Waals surface area (Å²) < 4.78 is 0. The molecule has 7 heteroatoms. The number of hydrogen-bond donors (Lipinski definition) is 2. The molecule has 1 amide bonds. The highest BCUT2D eigenvalue weighted by molar-refractivity contribution is 5.72. The molecule has 1 aromatic rings. The van der Waals surface area contributed by atoms with Crippen molar-refractivity contribution in [3.05, 3.63) is 28.1 Å². The molecule has 1 rings (SSSR count). The lowest BCUT2D eigenvalue weighted by molar-refractivity contribution is -0.384. The minimum atomic E-state index is -0.606. The number of hydrogen-bond acceptors (Lipinski definition) is 5. The summed E-state index contributed by atoms with van der Waals surface area (Å²) in [6.45, 7) is 1.83. The number of carbonyl (C=O) groups excluding carboxylic acids is 1. The molecule has 1 aromatic heterocycles. The average Bonchev–Trinajstić information content (AvgIpc) is 2.30. The fourth-order valence-corrected chi connectivity index (χ4v) is 1.16. The van der Waals surface area contributed by atoms with E-state index in [4.69, 9.17) is 5.73 Å². The largest absolute Gasteiger partial charge is 0.392 e. The molecule has 0 unspecified atom stereocenters. The number of pyridine rings is 1. The van der Waals surface area contributed by atoms with Gasteiger partial charge in [-0.1, -0.05) is 11.8 Å². The first-order valence-corrected chi connectivity index (χ1v) is 5.13. The van der Waals surface area contributed by atoms with Crippen LogP contribution < -0.4 is 11.1 Å². The van der Waals surface area contributed by atoms with E-state index in [0.29, 0.717) is 18.5 Å². The third kappa shape index (κ3) is 3.75. The van der Waals surface area contributed by atoms with Gasteiger partial charge in [0.2, 0.25) is 5.91 Å². The monoisotopic (exact) mass is 248 g/mol. The Labute approximate surface area is 104 Å². The van der Waals surface area contributed by atoms with Gasteiger partial charge >= 0.3 is 5.69 Å². The Morgan fingerprint density at radius 1 is 1.61 bits per heavy atom. The van der Waals surface area contributed by atoms with E-state index in [2.05, 4.69) is 22.1 Å². The molecule has 0 saturated heterocycles. The summed E-state index contributed by atoms with van der Waals surface area (Å²) in [4.78, 5) is 24.3. The number of nitro groups is 1. The predicted octanol–water partition coefficient (Wildman–Crippen LogP) is 0.450. The fourth-order valence-electron chi connectivity index (χ4n) is 1.16. The van der Waals surface area contributed by atoms with Crippen molar-refractivity contribution in [2.75, 3.05) is 12.3 Å². The molecule has 0 radical (unpaired) electrons. The molecule has 1 heterocycles. The molecule has 94 valence electrons. The van der Waals surface area contributed by atoms with Crippen LogP contribution in [-0.4, -0.2) is 22.4 Å². The number of nitrogens with zero attached hydrogens (tertiary/aromatic N) is 2. The molecular weight excluding hydrogens is 236 g/mol. The molecule has 0 saturated carbocycles. The minimum absolute atomic E-state index is 0.00188. The van der Waals surface area contributed by atoms with Crippen LogP contribution in [-0.2, 0) is 4.79 Å². The number of amides is 1. The van der Waals surface area contributed by atoms with E-state index in [9.17, 15) is 14.9 Å². The van der Waals surface area contributed by atoms with Gasteiger partial charge in [0.15, 0.2) is 0 Å². The summed E-state index contributed by atoms with van der Waals surface area (Å²) in [5, 5.41) is 13.2. The highest BCUT2D eigenvalue weighted by Crippen LogP contribution is 2.22. The summed E-state index contributed by atoms with van der Waals surface area (Å²) in [5.41, 5.74) is 5.65. The summed E-state index contributed by atoms with van der Waals surface area (Å²) in [6.07, 6.45) is 2.88. The predicted molar refractivity (Wildman–Crippen MR) is 65.5 cm³/mol. The first-order chi connectivity index (χ1) is 8.52. The number of rotatable bonds is 3. The highest BCUT2D eigenvalue weighted by Gasteiger charge is 2.13. The van der Waals surface area contributed by atoms with Gasteiger partial charge in [-0.15, -0.1) is 0 Å². The molecule has 0 bridgehead atoms. The zero-order valence-corrected chi connectivity index (χ0v) is 9.77. The van der Waals surface area contributed by atoms with E-state index in [-0.39, 0.29) is 17.3 Å². The molecule has 0 fully saturated rings. The van der Waals surface area contributed by atoms with Gasteiger partial charge in [-0.05, 0) is 0 Å². The normalized spacial score (nSPS) is 9.17. The molecule has 18 heavy (non-hydrogen) atoms. The van der Waals surface area contributed by atoms with Crippen molar-refractivity contribution in [1.29, 1.82) is 0 Å². The Hall–Kier alpha value is -2.62. The van der Waals surface area contributed by atoms with Crippen LogP contribution in [0, 0.1) is 22.0 Å². The topological polar surface area (TPSA) is 111 Å². The van der Waals surface area contributed by atoms with Crippen LogP contribution in [0.2, 0.25) is 0 Å². The van der Waals surface area contributed by atoms with Gasteiger partial charge in [-0.3, -0.25) is 19.9 Å². The molecule has 0 atom stereocenters. The number of nitrogens with one attached hydrogen (secondary N) is 1. The van der Waals surface area contributed by atoms with Gasteiger partial charge < -0.3 is 11.1 Å². The van der Waals surface area contributed by atoms with Gasteiger partial charge in [0.25, 0.3) is 0 Å². The van der Waals surface area contributed by atoms with Crippen LogP contribution in [0.3, 0.4) is 0 Å². The fraction of sp³-hybridized carbons (Fsp3) is 0.273. The van der Waals surface area contributed by atoms with Gasteiger partial charge in [-0.25, -0.2) is 0 Å². The van der Waals surface area contributed by atoms with Crippen molar-refractivity contribution in [3.8, 4) is 11.8 Å². The second kappa shape index (κ2) is 6.20. The Balaban J connectivity index is 2.74. The maximum absolute atomic E-state index is 10.6. The summed E-state index contributed by atoms with van der Waals surface area (Å²) in [7, 11) is 0. The smallest absolute Gasteiger partial charge is 0.311 e. The molecule has 0 aliphatic rings. The van der Waals surface area contributed by atoms with Crippen LogP contribution in [0.4, 0.5) is 11.4 Å². The molecule has 0 aromatic carbocycles. The van der Waals surface area contributed by atoms with Crippen LogP contribution in [0.5, 0.6) is 0 Å². The Kier molecular flexibility index (Phi) is 4.63. The lowest BCUT2D eigenvalue weighted by Crippen LogP contribution is -2.20. The van der Waals surface area contributed by atoms with E-state index in [0.717, 1.165) is 6.20 Å². The highest BCUT2D eigenvalue weighted by atomic mass is 16.6. The second-order valence-electron chi connectivity index (χ2n) is 3.41. The number of anilines is 1. The third-order valence-corrected chi connectivity index (χ3v) is 2.01. The number of nitrogens with two attached hydrogens (primary N) is 1. The van der Waals surface area contributed by atoms with E-state index in [1.807, 2.05) is 0 Å². The van der Waals surface area contributed by atoms with Crippen molar-refractivity contribution >= 4 is 17.3 Å². The van der Waals surface area contributed by atoms with Crippen molar-refractivity contribution in [2.45, 2.75) is 13.3 Å². The number of nitrogen functional groups attached to an aromatic ring is 1. The maximum Gasteiger partial charge on any atom is 0.311 e. The average molecular weight is 248 g/mol.